The molecule has 0 atom stereocenters. The largest absolute Gasteiger partial charge is 0.455 e. The summed E-state index contributed by atoms with van der Waals surface area (Å²) in [6.45, 7) is 0. The molecule has 0 amide bonds. The Morgan fingerprint density at radius 1 is 0.471 bits per heavy atom. The number of fused-ring (bicyclic) bond motifs is 9. The second kappa shape index (κ2) is 11.0. The van der Waals surface area contributed by atoms with Crippen LogP contribution in [0.5, 0.6) is 0 Å². The topological polar surface area (TPSA) is 43.9 Å². The van der Waals surface area contributed by atoms with Gasteiger partial charge in [0.2, 0.25) is 0 Å². The van der Waals surface area contributed by atoms with Crippen molar-refractivity contribution in [3.05, 3.63) is 164 Å². The number of rotatable bonds is 4. The zero-order chi connectivity index (χ0) is 33.5. The fourth-order valence-electron chi connectivity index (χ4n) is 7.77. The van der Waals surface area contributed by atoms with E-state index in [1.165, 1.54) is 43.8 Å². The van der Waals surface area contributed by atoms with Gasteiger partial charge < -0.3 is 8.98 Å². The van der Waals surface area contributed by atoms with E-state index in [1.54, 1.807) is 0 Å². The average molecular weight is 670 g/mol. The van der Waals surface area contributed by atoms with E-state index in [9.17, 15) is 0 Å². The van der Waals surface area contributed by atoms with Gasteiger partial charge in [0.05, 0.1) is 11.0 Å². The van der Waals surface area contributed by atoms with Crippen LogP contribution in [-0.2, 0) is 0 Å². The molecule has 0 unspecified atom stereocenters. The Kier molecular flexibility index (Phi) is 6.09. The predicted octanol–water partition coefficient (Wildman–Crippen LogP) is 12.8. The van der Waals surface area contributed by atoms with Crippen LogP contribution in [0.1, 0.15) is 0 Å². The van der Waals surface area contributed by atoms with Gasteiger partial charge in [0.25, 0.3) is 0 Å². The number of nitrogens with zero attached hydrogens (tertiary/aromatic N) is 3. The van der Waals surface area contributed by atoms with Gasteiger partial charge in [0.1, 0.15) is 16.2 Å². The molecule has 0 saturated carbocycles. The Bertz CT molecular complexity index is 3160. The standard InChI is InChI=1S/C46H27N3OS/c1-2-12-34-28(9-1)19-20-29-21-22-31(27-39(29)34)45-47-46(51-48-45)32-10-7-11-33(25-32)49-41-17-5-3-13-36(41)40-26-30(23-24-42(40)49)35-15-8-16-38-37-14-4-6-18-43(37)50-44(35)38/h1-27H. The Labute approximate surface area is 296 Å². The highest BCUT2D eigenvalue weighted by Crippen LogP contribution is 2.40. The van der Waals surface area contributed by atoms with Gasteiger partial charge in [-0.3, -0.25) is 0 Å². The van der Waals surface area contributed by atoms with Gasteiger partial charge in [-0.25, -0.2) is 4.98 Å². The lowest BCUT2D eigenvalue weighted by molar-refractivity contribution is 0.670. The van der Waals surface area contributed by atoms with E-state index >= 15 is 0 Å². The molecule has 0 aliphatic rings. The van der Waals surface area contributed by atoms with Gasteiger partial charge in [-0.05, 0) is 81.1 Å². The molecule has 5 heteroatoms. The number of benzene rings is 8. The molecule has 0 saturated heterocycles. The molecule has 11 rings (SSSR count). The molecule has 0 radical (unpaired) electrons. The molecule has 51 heavy (non-hydrogen) atoms. The van der Waals surface area contributed by atoms with Crippen molar-refractivity contribution < 1.29 is 4.42 Å². The molecular formula is C46H27N3OS. The first-order chi connectivity index (χ1) is 25.3. The summed E-state index contributed by atoms with van der Waals surface area (Å²) in [6, 6.07) is 58.2. The molecule has 238 valence electrons. The number of hydrogen-bond acceptors (Lipinski definition) is 4. The smallest absolute Gasteiger partial charge is 0.173 e. The number of furan rings is 1. The number of hydrogen-bond donors (Lipinski definition) is 0. The summed E-state index contributed by atoms with van der Waals surface area (Å²) in [4.78, 5) is 5.06. The van der Waals surface area contributed by atoms with Crippen molar-refractivity contribution in [2.24, 2.45) is 0 Å². The van der Waals surface area contributed by atoms with Crippen LogP contribution < -0.4 is 0 Å². The van der Waals surface area contributed by atoms with Crippen molar-refractivity contribution in [1.82, 2.24) is 13.9 Å². The van der Waals surface area contributed by atoms with Crippen LogP contribution in [0, 0.1) is 0 Å². The van der Waals surface area contributed by atoms with Crippen LogP contribution in [0.2, 0.25) is 0 Å². The zero-order valence-electron chi connectivity index (χ0n) is 27.2. The maximum atomic E-state index is 6.42. The quantitative estimate of drug-likeness (QED) is 0.175. The molecule has 0 N–H and O–H groups in total. The maximum absolute atomic E-state index is 6.42. The maximum Gasteiger partial charge on any atom is 0.173 e. The zero-order valence-corrected chi connectivity index (χ0v) is 28.1. The van der Waals surface area contributed by atoms with Crippen LogP contribution in [0.4, 0.5) is 0 Å². The second-order valence-corrected chi connectivity index (χ2v) is 13.8. The van der Waals surface area contributed by atoms with Crippen molar-refractivity contribution in [2.45, 2.75) is 0 Å². The third-order valence-corrected chi connectivity index (χ3v) is 10.9. The lowest BCUT2D eigenvalue weighted by Crippen LogP contribution is -1.94. The van der Waals surface area contributed by atoms with Crippen LogP contribution in [0.15, 0.2) is 168 Å². The normalized spacial score (nSPS) is 11.9. The molecule has 0 bridgehead atoms. The highest BCUT2D eigenvalue weighted by molar-refractivity contribution is 7.09. The second-order valence-electron chi connectivity index (χ2n) is 13.1. The Morgan fingerprint density at radius 3 is 2.12 bits per heavy atom. The van der Waals surface area contributed by atoms with Crippen molar-refractivity contribution in [1.29, 1.82) is 0 Å². The highest BCUT2D eigenvalue weighted by Gasteiger charge is 2.17. The fraction of sp³-hybridized carbons (Fsp3) is 0. The third kappa shape index (κ3) is 4.38. The summed E-state index contributed by atoms with van der Waals surface area (Å²) in [6.07, 6.45) is 0. The lowest BCUT2D eigenvalue weighted by atomic mass is 10.00. The third-order valence-electron chi connectivity index (χ3n) is 10.2. The molecule has 0 fully saturated rings. The van der Waals surface area contributed by atoms with Gasteiger partial charge in [0, 0.05) is 43.9 Å². The minimum absolute atomic E-state index is 0.749. The monoisotopic (exact) mass is 669 g/mol. The molecule has 0 spiro atoms. The van der Waals surface area contributed by atoms with E-state index in [0.717, 1.165) is 71.7 Å². The molecule has 0 aliphatic heterocycles. The predicted molar refractivity (Wildman–Crippen MR) is 213 cm³/mol. The van der Waals surface area contributed by atoms with Gasteiger partial charge in [-0.1, -0.05) is 121 Å². The fourth-order valence-corrected chi connectivity index (χ4v) is 8.45. The molecule has 0 aliphatic carbocycles. The summed E-state index contributed by atoms with van der Waals surface area (Å²) < 4.78 is 13.6. The average Bonchev–Trinajstić information content (AvgIpc) is 3.92. The van der Waals surface area contributed by atoms with Crippen LogP contribution >= 0.6 is 11.5 Å². The van der Waals surface area contributed by atoms with Crippen LogP contribution in [-0.4, -0.2) is 13.9 Å². The van der Waals surface area contributed by atoms with Crippen molar-refractivity contribution in [3.8, 4) is 38.8 Å². The molecule has 3 aromatic heterocycles. The molecule has 4 nitrogen and oxygen atoms in total. The van der Waals surface area contributed by atoms with Crippen LogP contribution in [0.25, 0.3) is 104 Å². The van der Waals surface area contributed by atoms with E-state index in [1.807, 2.05) is 12.1 Å². The Hall–Kier alpha value is -6.56. The van der Waals surface area contributed by atoms with E-state index < -0.39 is 0 Å². The Balaban J connectivity index is 1.01. The summed E-state index contributed by atoms with van der Waals surface area (Å²) >= 11 is 1.44. The molecule has 8 aromatic carbocycles. The number of para-hydroxylation sites is 3. The van der Waals surface area contributed by atoms with Crippen LogP contribution in [0.3, 0.4) is 0 Å². The minimum Gasteiger partial charge on any atom is -0.455 e. The first-order valence-corrected chi connectivity index (χ1v) is 17.8. The van der Waals surface area contributed by atoms with E-state index in [2.05, 4.69) is 156 Å². The van der Waals surface area contributed by atoms with Gasteiger partial charge >= 0.3 is 0 Å². The van der Waals surface area contributed by atoms with E-state index in [-0.39, 0.29) is 0 Å². The van der Waals surface area contributed by atoms with E-state index in [4.69, 9.17) is 13.8 Å². The Morgan fingerprint density at radius 2 is 1.18 bits per heavy atom. The summed E-state index contributed by atoms with van der Waals surface area (Å²) in [5.74, 6) is 0.749. The van der Waals surface area contributed by atoms with Gasteiger partial charge in [-0.15, -0.1) is 0 Å². The first kappa shape index (κ1) is 28.3. The van der Waals surface area contributed by atoms with Crippen molar-refractivity contribution in [2.75, 3.05) is 0 Å². The highest BCUT2D eigenvalue weighted by atomic mass is 32.1. The molecular weight excluding hydrogens is 643 g/mol. The van der Waals surface area contributed by atoms with Crippen molar-refractivity contribution >= 4 is 76.8 Å². The summed E-state index contributed by atoms with van der Waals surface area (Å²) in [7, 11) is 0. The summed E-state index contributed by atoms with van der Waals surface area (Å²) in [5, 5.41) is 10.5. The van der Waals surface area contributed by atoms with Crippen molar-refractivity contribution in [3.63, 3.8) is 0 Å². The van der Waals surface area contributed by atoms with Gasteiger partial charge in [0.15, 0.2) is 5.82 Å². The summed E-state index contributed by atoms with van der Waals surface area (Å²) in [5.41, 5.74) is 9.51. The molecule has 11 aromatic rings. The van der Waals surface area contributed by atoms with E-state index in [0.29, 0.717) is 0 Å². The lowest BCUT2D eigenvalue weighted by Gasteiger charge is -2.10. The number of aromatic nitrogens is 3. The minimum atomic E-state index is 0.749. The SMILES string of the molecule is c1cc(-c2nc(-c3ccc4ccc5ccccc5c4c3)ns2)cc(-n2c3ccccc3c3cc(-c4cccc5c4oc4ccccc45)ccc32)c1. The van der Waals surface area contributed by atoms with Gasteiger partial charge in [-0.2, -0.15) is 4.37 Å². The molecule has 3 heterocycles. The first-order valence-electron chi connectivity index (χ1n) is 17.1.